The Labute approximate surface area is 247 Å². The second-order valence-corrected chi connectivity index (χ2v) is 10.0. The summed E-state index contributed by atoms with van der Waals surface area (Å²) in [7, 11) is 1.31. The van der Waals surface area contributed by atoms with Gasteiger partial charge in [0.25, 0.3) is 0 Å². The monoisotopic (exact) mass is 585 g/mol. The lowest BCUT2D eigenvalue weighted by atomic mass is 9.96. The van der Waals surface area contributed by atoms with Crippen LogP contribution in [-0.2, 0) is 33.7 Å². The van der Waals surface area contributed by atoms with E-state index in [0.717, 1.165) is 16.7 Å². The van der Waals surface area contributed by atoms with Crippen LogP contribution in [0.3, 0.4) is 0 Å². The number of benzene rings is 3. The summed E-state index contributed by atoms with van der Waals surface area (Å²) in [5.41, 5.74) is 4.71. The highest BCUT2D eigenvalue weighted by Crippen LogP contribution is 2.27. The van der Waals surface area contributed by atoms with Gasteiger partial charge < -0.3 is 15.0 Å². The zero-order valence-electron chi connectivity index (χ0n) is 22.7. The van der Waals surface area contributed by atoms with Gasteiger partial charge in [-0.2, -0.15) is 4.68 Å². The Morgan fingerprint density at radius 2 is 1.93 bits per heavy atom. The standard InChI is InChI=1S/C30H28ClN7O4/c1-42-30(41)34-25-9-5-8-22-18-37(15-14-24(22)25)29(40)26(16-20-6-3-2-4-7-20)33-28(39)13-10-21-17-23(31)11-12-27(21)38-19-32-35-36-38/h2-13,17,19,26H,14-16,18H2,1H3,(H,33,39)(H,34,41). The minimum absolute atomic E-state index is 0.199. The normalized spacial score (nSPS) is 13.3. The van der Waals surface area contributed by atoms with Crippen LogP contribution in [0.5, 0.6) is 0 Å². The molecule has 1 aliphatic rings. The molecule has 0 saturated heterocycles. The first-order chi connectivity index (χ1) is 20.4. The van der Waals surface area contributed by atoms with Crippen molar-refractivity contribution in [2.75, 3.05) is 19.0 Å². The van der Waals surface area contributed by atoms with Crippen molar-refractivity contribution in [2.45, 2.75) is 25.4 Å². The molecule has 0 fully saturated rings. The van der Waals surface area contributed by atoms with Crippen molar-refractivity contribution in [3.63, 3.8) is 0 Å². The van der Waals surface area contributed by atoms with Crippen LogP contribution < -0.4 is 10.6 Å². The Bertz CT molecular complexity index is 1610. The lowest BCUT2D eigenvalue weighted by Crippen LogP contribution is -2.50. The number of methoxy groups -OCH3 is 1. The second kappa shape index (κ2) is 13.1. The molecule has 4 aromatic rings. The second-order valence-electron chi connectivity index (χ2n) is 9.61. The maximum Gasteiger partial charge on any atom is 0.411 e. The lowest BCUT2D eigenvalue weighted by molar-refractivity contribution is -0.136. The summed E-state index contributed by atoms with van der Waals surface area (Å²) in [5.74, 6) is -0.636. The average molecular weight is 586 g/mol. The van der Waals surface area contributed by atoms with Gasteiger partial charge in [0, 0.05) is 41.9 Å². The molecule has 3 amide bonds. The molecular formula is C30H28ClN7O4. The summed E-state index contributed by atoms with van der Waals surface area (Å²) in [6.45, 7) is 0.778. The molecule has 11 nitrogen and oxygen atoms in total. The van der Waals surface area contributed by atoms with E-state index >= 15 is 0 Å². The molecule has 1 atom stereocenters. The minimum atomic E-state index is -0.805. The summed E-state index contributed by atoms with van der Waals surface area (Å²) in [4.78, 5) is 40.5. The molecule has 0 spiro atoms. The predicted octanol–water partition coefficient (Wildman–Crippen LogP) is 3.82. The maximum absolute atomic E-state index is 13.8. The molecule has 12 heteroatoms. The van der Waals surface area contributed by atoms with E-state index in [-0.39, 0.29) is 5.91 Å². The van der Waals surface area contributed by atoms with Gasteiger partial charge in [-0.1, -0.05) is 54.1 Å². The number of nitrogens with one attached hydrogen (secondary N) is 2. The van der Waals surface area contributed by atoms with Crippen molar-refractivity contribution in [3.8, 4) is 5.69 Å². The molecule has 2 N–H and O–H groups in total. The van der Waals surface area contributed by atoms with Crippen LogP contribution in [0.1, 0.15) is 22.3 Å². The van der Waals surface area contributed by atoms with Crippen molar-refractivity contribution in [1.82, 2.24) is 30.4 Å². The van der Waals surface area contributed by atoms with Gasteiger partial charge >= 0.3 is 6.09 Å². The smallest absolute Gasteiger partial charge is 0.411 e. The van der Waals surface area contributed by atoms with Crippen LogP contribution >= 0.6 is 11.6 Å². The highest BCUT2D eigenvalue weighted by atomic mass is 35.5. The number of carbonyl (C=O) groups is 3. The van der Waals surface area contributed by atoms with Gasteiger partial charge in [0.2, 0.25) is 11.8 Å². The number of nitrogens with zero attached hydrogens (tertiary/aromatic N) is 5. The number of fused-ring (bicyclic) bond motifs is 1. The zero-order chi connectivity index (χ0) is 29.5. The Hall–Kier alpha value is -5.03. The largest absolute Gasteiger partial charge is 0.453 e. The molecule has 1 aromatic heterocycles. The molecule has 1 aliphatic heterocycles. The molecule has 0 aliphatic carbocycles. The number of hydrogen-bond acceptors (Lipinski definition) is 7. The van der Waals surface area contributed by atoms with E-state index < -0.39 is 18.0 Å². The first-order valence-electron chi connectivity index (χ1n) is 13.2. The van der Waals surface area contributed by atoms with Gasteiger partial charge in [0.1, 0.15) is 12.4 Å². The first kappa shape index (κ1) is 28.5. The molecule has 1 unspecified atom stereocenters. The molecular weight excluding hydrogens is 558 g/mol. The number of halogens is 1. The van der Waals surface area contributed by atoms with Gasteiger partial charge in [-0.05, 0) is 63.9 Å². The van der Waals surface area contributed by atoms with Crippen molar-refractivity contribution in [1.29, 1.82) is 0 Å². The Morgan fingerprint density at radius 1 is 1.10 bits per heavy atom. The van der Waals surface area contributed by atoms with Crippen LogP contribution in [0.2, 0.25) is 5.02 Å². The van der Waals surface area contributed by atoms with E-state index in [1.807, 2.05) is 48.5 Å². The lowest BCUT2D eigenvalue weighted by Gasteiger charge is -2.33. The molecule has 0 saturated carbocycles. The number of carbonyl (C=O) groups excluding carboxylic acids is 3. The van der Waals surface area contributed by atoms with E-state index in [0.29, 0.717) is 47.9 Å². The molecule has 0 radical (unpaired) electrons. The topological polar surface area (TPSA) is 131 Å². The number of aromatic nitrogens is 4. The van der Waals surface area contributed by atoms with Crippen molar-refractivity contribution < 1.29 is 19.1 Å². The summed E-state index contributed by atoms with van der Waals surface area (Å²) in [5, 5.41) is 17.4. The van der Waals surface area contributed by atoms with Gasteiger partial charge in [-0.3, -0.25) is 14.9 Å². The maximum atomic E-state index is 13.8. The van der Waals surface area contributed by atoms with Gasteiger partial charge in [-0.15, -0.1) is 5.10 Å². The fourth-order valence-corrected chi connectivity index (χ4v) is 5.05. The third kappa shape index (κ3) is 6.81. The van der Waals surface area contributed by atoms with E-state index in [1.165, 1.54) is 24.2 Å². The number of amides is 3. The SMILES string of the molecule is COC(=O)Nc1cccc2c1CCN(C(=O)C(Cc1ccccc1)NC(=O)C=Cc1cc(Cl)ccc1-n1cnnn1)C2. The third-order valence-corrected chi connectivity index (χ3v) is 7.13. The summed E-state index contributed by atoms with van der Waals surface area (Å²) in [6, 6.07) is 19.4. The molecule has 42 heavy (non-hydrogen) atoms. The Morgan fingerprint density at radius 3 is 2.69 bits per heavy atom. The van der Waals surface area contributed by atoms with E-state index in [1.54, 1.807) is 29.2 Å². The molecule has 214 valence electrons. The Kier molecular flexibility index (Phi) is 8.88. The van der Waals surface area contributed by atoms with Gasteiger partial charge in [-0.25, -0.2) is 4.79 Å². The summed E-state index contributed by atoms with van der Waals surface area (Å²) < 4.78 is 6.20. The van der Waals surface area contributed by atoms with E-state index in [2.05, 4.69) is 26.2 Å². The van der Waals surface area contributed by atoms with Gasteiger partial charge in [0.05, 0.1) is 12.8 Å². The Balaban J connectivity index is 1.34. The minimum Gasteiger partial charge on any atom is -0.453 e. The summed E-state index contributed by atoms with van der Waals surface area (Å²) in [6.07, 6.45) is 4.72. The predicted molar refractivity (Wildman–Crippen MR) is 157 cm³/mol. The van der Waals surface area contributed by atoms with Crippen molar-refractivity contribution in [2.24, 2.45) is 0 Å². The van der Waals surface area contributed by atoms with Crippen molar-refractivity contribution >= 4 is 41.3 Å². The highest BCUT2D eigenvalue weighted by molar-refractivity contribution is 6.30. The number of hydrogen-bond donors (Lipinski definition) is 2. The zero-order valence-corrected chi connectivity index (χ0v) is 23.5. The number of anilines is 1. The number of rotatable bonds is 8. The molecule has 5 rings (SSSR count). The quantitative estimate of drug-likeness (QED) is 0.301. The van der Waals surface area contributed by atoms with E-state index in [4.69, 9.17) is 16.3 Å². The van der Waals surface area contributed by atoms with Crippen LogP contribution in [0.15, 0.2) is 79.1 Å². The fourth-order valence-electron chi connectivity index (χ4n) is 4.87. The van der Waals surface area contributed by atoms with Crippen LogP contribution in [0.25, 0.3) is 11.8 Å². The van der Waals surface area contributed by atoms with Crippen molar-refractivity contribution in [3.05, 3.63) is 106 Å². The third-order valence-electron chi connectivity index (χ3n) is 6.90. The van der Waals surface area contributed by atoms with Crippen LogP contribution in [0.4, 0.5) is 10.5 Å². The first-order valence-corrected chi connectivity index (χ1v) is 13.6. The molecule has 2 heterocycles. The highest BCUT2D eigenvalue weighted by Gasteiger charge is 2.29. The fraction of sp³-hybridized carbons (Fsp3) is 0.200. The van der Waals surface area contributed by atoms with Gasteiger partial charge in [0.15, 0.2) is 0 Å². The van der Waals surface area contributed by atoms with Crippen LogP contribution in [-0.4, -0.2) is 62.7 Å². The summed E-state index contributed by atoms with van der Waals surface area (Å²) >= 11 is 6.20. The number of tetrazole rings is 1. The average Bonchev–Trinajstić information content (AvgIpc) is 3.54. The van der Waals surface area contributed by atoms with Crippen LogP contribution in [0, 0.1) is 0 Å². The molecule has 3 aromatic carbocycles. The van der Waals surface area contributed by atoms with E-state index in [9.17, 15) is 14.4 Å². The molecule has 0 bridgehead atoms. The number of ether oxygens (including phenoxy) is 1.